The first-order chi connectivity index (χ1) is 23.8. The molecule has 252 valence electrons. The van der Waals surface area contributed by atoms with Crippen LogP contribution in [0.2, 0.25) is 0 Å². The fourth-order valence-electron chi connectivity index (χ4n) is 4.27. The predicted octanol–water partition coefficient (Wildman–Crippen LogP) is 11.1. The zero-order valence-electron chi connectivity index (χ0n) is 27.5. The highest BCUT2D eigenvalue weighted by molar-refractivity contribution is 5.81. The number of halogens is 1. The first-order valence-corrected chi connectivity index (χ1v) is 15.9. The Balaban J connectivity index is 1.25. The van der Waals surface area contributed by atoms with Gasteiger partial charge in [-0.15, -0.1) is 5.11 Å². The molecule has 0 aliphatic heterocycles. The molecule has 0 aliphatic rings. The molecule has 4 aromatic rings. The minimum atomic E-state index is -0.590. The Bertz CT molecular complexity index is 1770. The number of benzene rings is 4. The summed E-state index contributed by atoms with van der Waals surface area (Å²) in [7, 11) is 1.88. The van der Waals surface area contributed by atoms with Crippen molar-refractivity contribution in [3.63, 3.8) is 0 Å². The lowest BCUT2D eigenvalue weighted by Crippen LogP contribution is -2.23. The molecule has 4 rings (SSSR count). The molecular formula is C37H38FN7O4. The first kappa shape index (κ1) is 35.9. The Morgan fingerprint density at radius 2 is 1.27 bits per heavy atom. The Kier molecular flexibility index (Phi) is 14.0. The lowest BCUT2D eigenvalue weighted by Gasteiger charge is -2.18. The van der Waals surface area contributed by atoms with E-state index in [0.717, 1.165) is 37.4 Å². The summed E-state index contributed by atoms with van der Waals surface area (Å²) in [5, 5.41) is 24.9. The molecule has 0 N–H and O–H groups in total. The maximum Gasteiger partial charge on any atom is 0.330 e. The SMILES string of the molecule is C=CC(=O)OCCN(C)c1ccc(N=Nc2ccc(N=Nc3ccc(N=Nc4ccc(OC(=O)CCCCCC)cc4)cc3)c(F)c2)cc1. The molecule has 0 fully saturated rings. The summed E-state index contributed by atoms with van der Waals surface area (Å²) >= 11 is 0. The Hall–Kier alpha value is -5.91. The molecule has 0 saturated carbocycles. The van der Waals surface area contributed by atoms with Crippen LogP contribution >= 0.6 is 0 Å². The molecular weight excluding hydrogens is 625 g/mol. The van der Waals surface area contributed by atoms with Gasteiger partial charge in [0.1, 0.15) is 18.0 Å². The van der Waals surface area contributed by atoms with Crippen LogP contribution in [-0.4, -0.2) is 32.1 Å². The van der Waals surface area contributed by atoms with Gasteiger partial charge in [-0.05, 0) is 91.3 Å². The smallest absolute Gasteiger partial charge is 0.330 e. The minimum absolute atomic E-state index is 0.0551. The van der Waals surface area contributed by atoms with Gasteiger partial charge in [-0.1, -0.05) is 32.8 Å². The number of nitrogens with zero attached hydrogens (tertiary/aromatic N) is 7. The minimum Gasteiger partial charge on any atom is -0.461 e. The average molecular weight is 664 g/mol. The average Bonchev–Trinajstić information content (AvgIpc) is 3.12. The molecule has 4 aromatic carbocycles. The van der Waals surface area contributed by atoms with Crippen LogP contribution in [0.15, 0.2) is 134 Å². The van der Waals surface area contributed by atoms with Crippen molar-refractivity contribution in [1.82, 2.24) is 0 Å². The number of esters is 2. The van der Waals surface area contributed by atoms with E-state index < -0.39 is 11.8 Å². The van der Waals surface area contributed by atoms with E-state index in [-0.39, 0.29) is 18.3 Å². The van der Waals surface area contributed by atoms with Gasteiger partial charge >= 0.3 is 11.9 Å². The third-order valence-electron chi connectivity index (χ3n) is 7.05. The van der Waals surface area contributed by atoms with Crippen molar-refractivity contribution in [3.8, 4) is 5.75 Å². The highest BCUT2D eigenvalue weighted by Gasteiger charge is 2.06. The second-order valence-electron chi connectivity index (χ2n) is 10.8. The molecule has 0 amide bonds. The topological polar surface area (TPSA) is 130 Å². The number of carbonyl (C=O) groups is 2. The Morgan fingerprint density at radius 1 is 0.735 bits per heavy atom. The van der Waals surface area contributed by atoms with Crippen LogP contribution in [0, 0.1) is 5.82 Å². The summed E-state index contributed by atoms with van der Waals surface area (Å²) in [6, 6.07) is 25.3. The third kappa shape index (κ3) is 12.3. The second-order valence-corrected chi connectivity index (χ2v) is 10.8. The zero-order chi connectivity index (χ0) is 34.8. The van der Waals surface area contributed by atoms with E-state index in [1.54, 1.807) is 66.7 Å². The number of rotatable bonds is 17. The van der Waals surface area contributed by atoms with Crippen LogP contribution in [0.4, 0.5) is 44.2 Å². The van der Waals surface area contributed by atoms with Crippen LogP contribution in [-0.2, 0) is 14.3 Å². The molecule has 0 spiro atoms. The number of unbranched alkanes of at least 4 members (excludes halogenated alkanes) is 3. The van der Waals surface area contributed by atoms with Gasteiger partial charge in [0.05, 0.1) is 35.0 Å². The molecule has 0 heterocycles. The summed E-state index contributed by atoms with van der Waals surface area (Å²) in [6.07, 6.45) is 5.62. The van der Waals surface area contributed by atoms with Gasteiger partial charge < -0.3 is 14.4 Å². The fourth-order valence-corrected chi connectivity index (χ4v) is 4.27. The second kappa shape index (κ2) is 19.0. The van der Waals surface area contributed by atoms with Gasteiger partial charge in [0.15, 0.2) is 5.82 Å². The van der Waals surface area contributed by atoms with Gasteiger partial charge in [-0.25, -0.2) is 9.18 Å². The van der Waals surface area contributed by atoms with Crippen molar-refractivity contribution in [2.75, 3.05) is 25.1 Å². The van der Waals surface area contributed by atoms with Crippen LogP contribution in [0.3, 0.4) is 0 Å². The van der Waals surface area contributed by atoms with Crippen molar-refractivity contribution in [3.05, 3.63) is 109 Å². The monoisotopic (exact) mass is 663 g/mol. The summed E-state index contributed by atoms with van der Waals surface area (Å²) < 4.78 is 25.1. The van der Waals surface area contributed by atoms with E-state index in [0.29, 0.717) is 47.2 Å². The van der Waals surface area contributed by atoms with Gasteiger partial charge in [0.25, 0.3) is 0 Å². The zero-order valence-corrected chi connectivity index (χ0v) is 27.5. The van der Waals surface area contributed by atoms with E-state index in [1.165, 1.54) is 12.1 Å². The third-order valence-corrected chi connectivity index (χ3v) is 7.05. The van der Waals surface area contributed by atoms with E-state index in [2.05, 4.69) is 44.2 Å². The van der Waals surface area contributed by atoms with Crippen LogP contribution in [0.1, 0.15) is 39.0 Å². The standard InChI is InChI=1S/C37H38FN7O4/c1-4-6-7-8-9-37(47)49-33-21-16-30(17-22-33)40-39-27-10-12-28(13-11-27)42-44-35-23-18-31(26-34(35)38)43-41-29-14-19-32(20-15-29)45(3)24-25-48-36(46)5-2/h5,10-23,26H,2,4,6-9,24-25H2,1,3H3. The summed E-state index contributed by atoms with van der Waals surface area (Å²) in [5.74, 6) is -0.818. The number of hydrogen-bond donors (Lipinski definition) is 0. The molecule has 0 aliphatic carbocycles. The lowest BCUT2D eigenvalue weighted by molar-refractivity contribution is -0.137. The van der Waals surface area contributed by atoms with Crippen molar-refractivity contribution in [2.45, 2.75) is 39.0 Å². The van der Waals surface area contributed by atoms with E-state index in [1.807, 2.05) is 24.1 Å². The number of hydrogen-bond acceptors (Lipinski definition) is 11. The Labute approximate surface area is 284 Å². The van der Waals surface area contributed by atoms with Crippen LogP contribution < -0.4 is 9.64 Å². The number of ether oxygens (including phenoxy) is 2. The van der Waals surface area contributed by atoms with E-state index in [9.17, 15) is 14.0 Å². The maximum absolute atomic E-state index is 14.7. The molecule has 12 heteroatoms. The van der Waals surface area contributed by atoms with Crippen LogP contribution in [0.25, 0.3) is 0 Å². The summed E-state index contributed by atoms with van der Waals surface area (Å²) in [5.41, 5.74) is 3.58. The molecule has 0 unspecified atom stereocenters. The molecule has 0 radical (unpaired) electrons. The Morgan fingerprint density at radius 3 is 1.84 bits per heavy atom. The van der Waals surface area contributed by atoms with Crippen LogP contribution in [0.5, 0.6) is 5.75 Å². The number of azo groups is 3. The summed E-state index contributed by atoms with van der Waals surface area (Å²) in [4.78, 5) is 25.1. The predicted molar refractivity (Wildman–Crippen MR) is 187 cm³/mol. The highest BCUT2D eigenvalue weighted by atomic mass is 19.1. The van der Waals surface area contributed by atoms with Gasteiger partial charge in [-0.3, -0.25) is 4.79 Å². The quantitative estimate of drug-likeness (QED) is 0.0365. The molecule has 0 saturated heterocycles. The van der Waals surface area contributed by atoms with Crippen molar-refractivity contribution < 1.29 is 23.5 Å². The first-order valence-electron chi connectivity index (χ1n) is 15.9. The fraction of sp³-hybridized carbons (Fsp3) is 0.243. The molecule has 0 aromatic heterocycles. The number of likely N-dealkylation sites (N-methyl/N-ethyl adjacent to an activating group) is 1. The normalized spacial score (nSPS) is 11.3. The molecule has 11 nitrogen and oxygen atoms in total. The number of carbonyl (C=O) groups excluding carboxylic acids is 2. The van der Waals surface area contributed by atoms with E-state index >= 15 is 0 Å². The molecule has 0 bridgehead atoms. The highest BCUT2D eigenvalue weighted by Crippen LogP contribution is 2.29. The van der Waals surface area contributed by atoms with Gasteiger partial charge in [0, 0.05) is 31.3 Å². The van der Waals surface area contributed by atoms with Gasteiger partial charge in [0.2, 0.25) is 0 Å². The molecule has 49 heavy (non-hydrogen) atoms. The van der Waals surface area contributed by atoms with Gasteiger partial charge in [-0.2, -0.15) is 25.6 Å². The lowest BCUT2D eigenvalue weighted by atomic mass is 10.1. The van der Waals surface area contributed by atoms with Crippen molar-refractivity contribution in [1.29, 1.82) is 0 Å². The van der Waals surface area contributed by atoms with Crippen molar-refractivity contribution in [2.24, 2.45) is 30.7 Å². The molecule has 0 atom stereocenters. The maximum atomic E-state index is 14.7. The summed E-state index contributed by atoms with van der Waals surface area (Å²) in [6.45, 7) is 6.25. The van der Waals surface area contributed by atoms with Crippen molar-refractivity contribution >= 4 is 51.8 Å². The largest absolute Gasteiger partial charge is 0.461 e. The van der Waals surface area contributed by atoms with E-state index in [4.69, 9.17) is 9.47 Å². The number of anilines is 1.